The molecule has 1 aromatic heterocycles. The number of hydrogen-bond donors (Lipinski definition) is 0. The Hall–Kier alpha value is -6.73. The van der Waals surface area contributed by atoms with Gasteiger partial charge in [-0.05, 0) is 59.5 Å². The average Bonchev–Trinajstić information content (AvgIpc) is 3.65. The second-order valence-corrected chi connectivity index (χ2v) is 13.2. The average molecular weight is 699 g/mol. The summed E-state index contributed by atoms with van der Waals surface area (Å²) in [5, 5.41) is 1.67. The molecule has 4 nitrogen and oxygen atoms in total. The molecule has 1 aliphatic heterocycles. The van der Waals surface area contributed by atoms with Gasteiger partial charge in [-0.3, -0.25) is 9.59 Å². The molecule has 7 heteroatoms. The van der Waals surface area contributed by atoms with Crippen LogP contribution < -0.4 is 4.90 Å². The van der Waals surface area contributed by atoms with Crippen LogP contribution in [-0.2, 0) is 6.18 Å². The number of amides is 2. The number of carbonyl (C=O) groups excluding carboxylic acids is 2. The Morgan fingerprint density at radius 3 is 1.75 bits per heavy atom. The molecular formula is C46H29F3N2O2. The lowest BCUT2D eigenvalue weighted by Crippen LogP contribution is -2.30. The summed E-state index contributed by atoms with van der Waals surface area (Å²) in [7, 11) is 0. The maximum atomic E-state index is 15.1. The number of aromatic nitrogens is 1. The molecule has 9 rings (SSSR count). The minimum Gasteiger partial charge on any atom is -0.308 e. The van der Waals surface area contributed by atoms with Crippen LogP contribution in [0.25, 0.3) is 60.9 Å². The quantitative estimate of drug-likeness (QED) is 0.168. The first-order valence-corrected chi connectivity index (χ1v) is 17.2. The van der Waals surface area contributed by atoms with E-state index in [2.05, 4.69) is 0 Å². The second-order valence-electron chi connectivity index (χ2n) is 13.2. The van der Waals surface area contributed by atoms with E-state index >= 15 is 4.79 Å². The van der Waals surface area contributed by atoms with E-state index in [4.69, 9.17) is 0 Å². The highest BCUT2D eigenvalue weighted by Gasteiger charge is 2.41. The molecule has 1 aliphatic rings. The van der Waals surface area contributed by atoms with E-state index in [0.717, 1.165) is 44.6 Å². The van der Waals surface area contributed by atoms with Crippen LogP contribution in [0.5, 0.6) is 0 Å². The molecular weight excluding hydrogens is 670 g/mol. The summed E-state index contributed by atoms with van der Waals surface area (Å²) < 4.78 is 44.2. The topological polar surface area (TPSA) is 42.3 Å². The fraction of sp³-hybridized carbons (Fsp3) is 0.0435. The van der Waals surface area contributed by atoms with Crippen molar-refractivity contribution in [3.8, 4) is 39.1 Å². The first kappa shape index (κ1) is 32.2. The van der Waals surface area contributed by atoms with Crippen molar-refractivity contribution in [2.24, 2.45) is 0 Å². The van der Waals surface area contributed by atoms with E-state index in [1.165, 1.54) is 11.0 Å². The van der Waals surface area contributed by atoms with Crippen molar-refractivity contribution in [3.05, 3.63) is 180 Å². The molecule has 0 atom stereocenters. The molecule has 0 fully saturated rings. The summed E-state index contributed by atoms with van der Waals surface area (Å²) in [6.45, 7) is 1.65. The monoisotopic (exact) mass is 698 g/mol. The lowest BCUT2D eigenvalue weighted by molar-refractivity contribution is -0.137. The first-order chi connectivity index (χ1) is 25.7. The van der Waals surface area contributed by atoms with E-state index in [1.807, 2.05) is 120 Å². The minimum atomic E-state index is -4.54. The fourth-order valence-corrected chi connectivity index (χ4v) is 7.75. The van der Waals surface area contributed by atoms with Crippen molar-refractivity contribution in [2.75, 3.05) is 4.90 Å². The van der Waals surface area contributed by atoms with Crippen molar-refractivity contribution >= 4 is 39.3 Å². The Morgan fingerprint density at radius 2 is 1.08 bits per heavy atom. The SMILES string of the molecule is Cc1cc(-c2cccc3c4ccccc4n(-c4cccc5c4C(=O)N(c4c(-c6ccccc6)cccc4-c4ccccc4)C5=O)c23)cc(C(F)(F)F)c1. The Bertz CT molecular complexity index is 2710. The zero-order valence-electron chi connectivity index (χ0n) is 28.4. The number of benzene rings is 7. The van der Waals surface area contributed by atoms with Gasteiger partial charge in [0.15, 0.2) is 0 Å². The molecule has 0 bridgehead atoms. The molecule has 0 aliphatic carbocycles. The van der Waals surface area contributed by atoms with E-state index in [0.29, 0.717) is 33.6 Å². The third-order valence-electron chi connectivity index (χ3n) is 9.97. The van der Waals surface area contributed by atoms with Gasteiger partial charge in [0, 0.05) is 27.5 Å². The molecule has 8 aromatic rings. The van der Waals surface area contributed by atoms with Gasteiger partial charge in [-0.1, -0.05) is 127 Å². The van der Waals surface area contributed by atoms with Crippen molar-refractivity contribution in [1.82, 2.24) is 4.57 Å². The fourth-order valence-electron chi connectivity index (χ4n) is 7.75. The van der Waals surface area contributed by atoms with Gasteiger partial charge in [-0.15, -0.1) is 0 Å². The molecule has 0 radical (unpaired) electrons. The minimum absolute atomic E-state index is 0.219. The van der Waals surface area contributed by atoms with Gasteiger partial charge in [0.2, 0.25) is 0 Å². The molecule has 53 heavy (non-hydrogen) atoms. The van der Waals surface area contributed by atoms with Crippen LogP contribution in [0, 0.1) is 6.92 Å². The van der Waals surface area contributed by atoms with Gasteiger partial charge < -0.3 is 4.57 Å². The van der Waals surface area contributed by atoms with Gasteiger partial charge >= 0.3 is 6.18 Å². The van der Waals surface area contributed by atoms with E-state index < -0.39 is 23.6 Å². The zero-order valence-corrected chi connectivity index (χ0v) is 28.4. The number of nitrogens with zero attached hydrogens (tertiary/aromatic N) is 2. The van der Waals surface area contributed by atoms with Gasteiger partial charge in [-0.25, -0.2) is 4.90 Å². The number of rotatable bonds is 5. The Kier molecular flexibility index (Phi) is 7.41. The molecule has 0 N–H and O–H groups in total. The maximum Gasteiger partial charge on any atom is 0.416 e. The summed E-state index contributed by atoms with van der Waals surface area (Å²) in [6.07, 6.45) is -4.54. The van der Waals surface area contributed by atoms with Gasteiger partial charge in [0.25, 0.3) is 11.8 Å². The standard InChI is InChI=1S/C46H29F3N2O2/c1-28-25-31(27-32(26-28)46(47,48)49)35-20-11-21-37-36-17-8-9-23-39(36)50(43(35)37)40-24-12-22-38-41(40)45(53)51(44(38)52)42-33(29-13-4-2-5-14-29)18-10-19-34(42)30-15-6-3-7-16-30/h2-27H,1H3. The molecule has 2 amide bonds. The summed E-state index contributed by atoms with van der Waals surface area (Å²) in [4.78, 5) is 31.0. The lowest BCUT2D eigenvalue weighted by Gasteiger charge is -2.23. The Morgan fingerprint density at radius 1 is 0.509 bits per heavy atom. The van der Waals surface area contributed by atoms with E-state index in [9.17, 15) is 18.0 Å². The number of fused-ring (bicyclic) bond motifs is 4. The summed E-state index contributed by atoms with van der Waals surface area (Å²) in [5.74, 6) is -0.943. The van der Waals surface area contributed by atoms with E-state index in [-0.39, 0.29) is 11.1 Å². The van der Waals surface area contributed by atoms with Crippen molar-refractivity contribution in [1.29, 1.82) is 0 Å². The predicted octanol–water partition coefficient (Wildman–Crippen LogP) is 11.9. The third-order valence-corrected chi connectivity index (χ3v) is 9.97. The van der Waals surface area contributed by atoms with Crippen molar-refractivity contribution < 1.29 is 22.8 Å². The first-order valence-electron chi connectivity index (χ1n) is 17.2. The molecule has 2 heterocycles. The number of para-hydroxylation sites is 3. The number of halogens is 3. The van der Waals surface area contributed by atoms with Crippen LogP contribution in [0.1, 0.15) is 31.8 Å². The zero-order chi connectivity index (χ0) is 36.4. The van der Waals surface area contributed by atoms with Crippen molar-refractivity contribution in [3.63, 3.8) is 0 Å². The van der Waals surface area contributed by atoms with Gasteiger partial charge in [0.1, 0.15) is 0 Å². The summed E-state index contributed by atoms with van der Waals surface area (Å²) in [6, 6.07) is 47.6. The molecule has 256 valence electrons. The van der Waals surface area contributed by atoms with Gasteiger partial charge in [-0.2, -0.15) is 13.2 Å². The van der Waals surface area contributed by atoms with Crippen LogP contribution in [0.3, 0.4) is 0 Å². The number of hydrogen-bond acceptors (Lipinski definition) is 2. The predicted molar refractivity (Wildman–Crippen MR) is 204 cm³/mol. The van der Waals surface area contributed by atoms with Crippen LogP contribution in [0.4, 0.5) is 18.9 Å². The third kappa shape index (κ3) is 5.15. The highest BCUT2D eigenvalue weighted by molar-refractivity contribution is 6.37. The molecule has 0 saturated heterocycles. The summed E-state index contributed by atoms with van der Waals surface area (Å²) in [5.41, 5.74) is 6.62. The van der Waals surface area contributed by atoms with Crippen LogP contribution >= 0.6 is 0 Å². The smallest absolute Gasteiger partial charge is 0.308 e. The largest absolute Gasteiger partial charge is 0.416 e. The Balaban J connectivity index is 1.31. The van der Waals surface area contributed by atoms with Gasteiger partial charge in [0.05, 0.1) is 39.1 Å². The maximum absolute atomic E-state index is 15.1. The van der Waals surface area contributed by atoms with Crippen LogP contribution in [-0.4, -0.2) is 16.4 Å². The number of imide groups is 1. The molecule has 0 spiro atoms. The lowest BCUT2D eigenvalue weighted by atomic mass is 9.95. The molecule has 0 saturated carbocycles. The highest BCUT2D eigenvalue weighted by Crippen LogP contribution is 2.46. The summed E-state index contributed by atoms with van der Waals surface area (Å²) >= 11 is 0. The van der Waals surface area contributed by atoms with Crippen LogP contribution in [0.2, 0.25) is 0 Å². The molecule has 0 unspecified atom stereocenters. The van der Waals surface area contributed by atoms with Crippen LogP contribution in [0.15, 0.2) is 158 Å². The number of aryl methyl sites for hydroxylation is 1. The number of alkyl halides is 3. The van der Waals surface area contributed by atoms with Crippen molar-refractivity contribution in [2.45, 2.75) is 13.1 Å². The normalized spacial score (nSPS) is 12.9. The second kappa shape index (κ2) is 12.2. The number of carbonyl (C=O) groups is 2. The number of anilines is 1. The highest BCUT2D eigenvalue weighted by atomic mass is 19.4. The molecule has 7 aromatic carbocycles. The van der Waals surface area contributed by atoms with E-state index in [1.54, 1.807) is 37.3 Å². The Labute approximate surface area is 303 Å².